The van der Waals surface area contributed by atoms with E-state index >= 15 is 0 Å². The molecule has 0 saturated carbocycles. The van der Waals surface area contributed by atoms with Crippen molar-refractivity contribution in [1.29, 1.82) is 0 Å². The van der Waals surface area contributed by atoms with Gasteiger partial charge in [-0.25, -0.2) is 0 Å². The zero-order valence-electron chi connectivity index (χ0n) is 18.9. The third-order valence-electron chi connectivity index (χ3n) is 5.58. The molecule has 1 aliphatic rings. The van der Waals surface area contributed by atoms with Crippen LogP contribution in [-0.4, -0.2) is 39.7 Å². The number of nitrogens with zero attached hydrogens (tertiary/aromatic N) is 3. The minimum Gasteiger partial charge on any atom is -0.439 e. The van der Waals surface area contributed by atoms with Gasteiger partial charge in [-0.2, -0.15) is 9.78 Å². The van der Waals surface area contributed by atoms with Gasteiger partial charge >= 0.3 is 0 Å². The lowest BCUT2D eigenvalue weighted by molar-refractivity contribution is 0.0716. The van der Waals surface area contributed by atoms with Crippen molar-refractivity contribution in [1.82, 2.24) is 20.0 Å². The molecule has 1 saturated heterocycles. The first-order chi connectivity index (χ1) is 15.9. The zero-order chi connectivity index (χ0) is 23.4. The molecule has 6 nitrogen and oxygen atoms in total. The summed E-state index contributed by atoms with van der Waals surface area (Å²) in [5.74, 6) is 0.969. The summed E-state index contributed by atoms with van der Waals surface area (Å²) in [5, 5.41) is 9.30. The maximum absolute atomic E-state index is 13.6. The van der Waals surface area contributed by atoms with Crippen LogP contribution in [0.5, 0.6) is 11.6 Å². The molecule has 0 spiro atoms. The molecular formula is C25H28Cl2N4O2. The molecule has 0 unspecified atom stereocenters. The van der Waals surface area contributed by atoms with Crippen LogP contribution in [0, 0.1) is 0 Å². The van der Waals surface area contributed by atoms with Gasteiger partial charge in [-0.3, -0.25) is 4.79 Å². The lowest BCUT2D eigenvalue weighted by Crippen LogP contribution is -2.36. The highest BCUT2D eigenvalue weighted by atomic mass is 35.5. The summed E-state index contributed by atoms with van der Waals surface area (Å²) in [5.41, 5.74) is 1.73. The van der Waals surface area contributed by atoms with E-state index < -0.39 is 0 Å². The van der Waals surface area contributed by atoms with Crippen LogP contribution in [0.3, 0.4) is 0 Å². The van der Waals surface area contributed by atoms with Crippen molar-refractivity contribution in [2.45, 2.75) is 45.7 Å². The van der Waals surface area contributed by atoms with Gasteiger partial charge in [0, 0.05) is 30.7 Å². The summed E-state index contributed by atoms with van der Waals surface area (Å²) in [7, 11) is 0. The van der Waals surface area contributed by atoms with Crippen molar-refractivity contribution in [3.05, 3.63) is 69.8 Å². The molecule has 0 aliphatic carbocycles. The van der Waals surface area contributed by atoms with Crippen molar-refractivity contribution in [2.75, 3.05) is 13.1 Å². The van der Waals surface area contributed by atoms with Crippen molar-refractivity contribution in [3.8, 4) is 17.3 Å². The Bertz CT molecular complexity index is 1110. The van der Waals surface area contributed by atoms with Crippen LogP contribution in [0.2, 0.25) is 10.0 Å². The number of benzene rings is 2. The number of rotatable bonds is 7. The maximum Gasteiger partial charge on any atom is 0.274 e. The third kappa shape index (κ3) is 5.52. The van der Waals surface area contributed by atoms with Crippen LogP contribution in [0.15, 0.2) is 48.5 Å². The second-order valence-corrected chi connectivity index (χ2v) is 9.28. The number of piperidine rings is 1. The van der Waals surface area contributed by atoms with Crippen molar-refractivity contribution in [3.63, 3.8) is 0 Å². The second kappa shape index (κ2) is 10.6. The highest BCUT2D eigenvalue weighted by Crippen LogP contribution is 2.34. The van der Waals surface area contributed by atoms with Gasteiger partial charge in [0.2, 0.25) is 5.88 Å². The van der Waals surface area contributed by atoms with Crippen LogP contribution in [0.4, 0.5) is 0 Å². The maximum atomic E-state index is 13.6. The summed E-state index contributed by atoms with van der Waals surface area (Å²) in [6.07, 6.45) is 3.15. The topological polar surface area (TPSA) is 59.4 Å². The molecule has 1 fully saturated rings. The number of likely N-dealkylation sites (tertiary alicyclic amines) is 1. The van der Waals surface area contributed by atoms with E-state index in [2.05, 4.69) is 19.2 Å². The molecule has 33 heavy (non-hydrogen) atoms. The number of hydrogen-bond acceptors (Lipinski definition) is 4. The van der Waals surface area contributed by atoms with Crippen molar-refractivity contribution >= 4 is 29.1 Å². The third-order valence-corrected chi connectivity index (χ3v) is 6.15. The van der Waals surface area contributed by atoms with Crippen molar-refractivity contribution < 1.29 is 9.53 Å². The summed E-state index contributed by atoms with van der Waals surface area (Å²) >= 11 is 12.6. The molecular weight excluding hydrogens is 459 g/mol. The number of amides is 1. The highest BCUT2D eigenvalue weighted by molar-refractivity contribution is 6.32. The first-order valence-corrected chi connectivity index (χ1v) is 12.0. The fraction of sp³-hybridized carbons (Fsp3) is 0.360. The number of halogens is 2. The average molecular weight is 487 g/mol. The van der Waals surface area contributed by atoms with Gasteiger partial charge in [-0.15, -0.1) is 0 Å². The number of hydrogen-bond donors (Lipinski definition) is 1. The standard InChI is InChI=1S/C25H28Cl2N4O2/c1-17(2)28-16-20-23(24(32)30-14-6-3-7-15-30)29-31(22-9-5-4-8-21(22)27)25(20)33-19-12-10-18(26)11-13-19/h4-5,8-13,17,28H,3,6-7,14-16H2,1-2H3. The van der Waals surface area contributed by atoms with Gasteiger partial charge in [0.15, 0.2) is 5.69 Å². The molecule has 8 heteroatoms. The molecule has 0 bridgehead atoms. The Balaban J connectivity index is 1.85. The lowest BCUT2D eigenvalue weighted by atomic mass is 10.1. The van der Waals surface area contributed by atoms with E-state index in [9.17, 15) is 4.79 Å². The fourth-order valence-electron chi connectivity index (χ4n) is 3.82. The SMILES string of the molecule is CC(C)NCc1c(C(=O)N2CCCCC2)nn(-c2ccccc2Cl)c1Oc1ccc(Cl)cc1. The Morgan fingerprint density at radius 1 is 1.06 bits per heavy atom. The van der Waals surface area contributed by atoms with E-state index in [0.29, 0.717) is 45.2 Å². The molecule has 0 atom stereocenters. The van der Waals surface area contributed by atoms with E-state index in [1.807, 2.05) is 23.1 Å². The van der Waals surface area contributed by atoms with E-state index in [-0.39, 0.29) is 11.9 Å². The van der Waals surface area contributed by atoms with Crippen LogP contribution < -0.4 is 10.1 Å². The largest absolute Gasteiger partial charge is 0.439 e. The summed E-state index contributed by atoms with van der Waals surface area (Å²) in [6, 6.07) is 14.7. The first kappa shape index (κ1) is 23.6. The van der Waals surface area contributed by atoms with Crippen molar-refractivity contribution in [2.24, 2.45) is 0 Å². The van der Waals surface area contributed by atoms with Gasteiger partial charge in [0.05, 0.1) is 16.3 Å². The molecule has 0 radical (unpaired) electrons. The number of para-hydroxylation sites is 1. The minimum atomic E-state index is -0.0815. The normalized spacial score (nSPS) is 14.0. The van der Waals surface area contributed by atoms with Gasteiger partial charge in [0.1, 0.15) is 5.75 Å². The summed E-state index contributed by atoms with van der Waals surface area (Å²) in [6.45, 7) is 6.03. The van der Waals surface area contributed by atoms with E-state index in [0.717, 1.165) is 32.4 Å². The Labute approximate surface area is 204 Å². The van der Waals surface area contributed by atoms with E-state index in [1.54, 1.807) is 35.0 Å². The number of carbonyl (C=O) groups excluding carboxylic acids is 1. The molecule has 2 heterocycles. The molecule has 2 aromatic carbocycles. The van der Waals surface area contributed by atoms with Crippen LogP contribution in [0.1, 0.15) is 49.2 Å². The van der Waals surface area contributed by atoms with Gasteiger partial charge in [-0.05, 0) is 55.7 Å². The molecule has 174 valence electrons. The molecule has 1 amide bonds. The lowest BCUT2D eigenvalue weighted by Gasteiger charge is -2.26. The Morgan fingerprint density at radius 3 is 2.42 bits per heavy atom. The van der Waals surface area contributed by atoms with E-state index in [1.165, 1.54) is 0 Å². The van der Waals surface area contributed by atoms with Gasteiger partial charge in [0.25, 0.3) is 5.91 Å². The Morgan fingerprint density at radius 2 is 1.76 bits per heavy atom. The number of aromatic nitrogens is 2. The predicted molar refractivity (Wildman–Crippen MR) is 132 cm³/mol. The monoisotopic (exact) mass is 486 g/mol. The average Bonchev–Trinajstić information content (AvgIpc) is 3.17. The number of nitrogens with one attached hydrogen (secondary N) is 1. The van der Waals surface area contributed by atoms with Crippen LogP contribution in [-0.2, 0) is 6.54 Å². The fourth-order valence-corrected chi connectivity index (χ4v) is 4.17. The zero-order valence-corrected chi connectivity index (χ0v) is 20.4. The molecule has 1 N–H and O–H groups in total. The first-order valence-electron chi connectivity index (χ1n) is 11.3. The minimum absolute atomic E-state index is 0.0815. The molecule has 3 aromatic rings. The van der Waals surface area contributed by atoms with E-state index in [4.69, 9.17) is 33.0 Å². The van der Waals surface area contributed by atoms with Gasteiger partial charge in [-0.1, -0.05) is 49.2 Å². The summed E-state index contributed by atoms with van der Waals surface area (Å²) in [4.78, 5) is 15.4. The van der Waals surface area contributed by atoms with Crippen LogP contribution >= 0.6 is 23.2 Å². The molecule has 4 rings (SSSR count). The van der Waals surface area contributed by atoms with Gasteiger partial charge < -0.3 is 15.0 Å². The quantitative estimate of drug-likeness (QED) is 0.438. The molecule has 1 aromatic heterocycles. The highest BCUT2D eigenvalue weighted by Gasteiger charge is 2.30. The molecule has 1 aliphatic heterocycles. The Kier molecular flexibility index (Phi) is 7.58. The van der Waals surface area contributed by atoms with Crippen LogP contribution in [0.25, 0.3) is 5.69 Å². The predicted octanol–water partition coefficient (Wildman–Crippen LogP) is 6.10. The second-order valence-electron chi connectivity index (χ2n) is 8.44. The number of ether oxygens (including phenoxy) is 1. The smallest absolute Gasteiger partial charge is 0.274 e. The Hall–Kier alpha value is -2.54. The number of carbonyl (C=O) groups is 1. The summed E-state index contributed by atoms with van der Waals surface area (Å²) < 4.78 is 7.96.